The van der Waals surface area contributed by atoms with Crippen molar-refractivity contribution < 1.29 is 22.9 Å². The van der Waals surface area contributed by atoms with Crippen molar-refractivity contribution in [2.75, 3.05) is 20.6 Å². The number of urea groups is 1. The van der Waals surface area contributed by atoms with Crippen LogP contribution in [-0.2, 0) is 11.3 Å². The van der Waals surface area contributed by atoms with Crippen LogP contribution in [0.1, 0.15) is 11.1 Å². The van der Waals surface area contributed by atoms with Gasteiger partial charge in [-0.3, -0.25) is 14.6 Å². The molecule has 3 aliphatic rings. The van der Waals surface area contributed by atoms with E-state index in [0.717, 1.165) is 4.90 Å². The molecule has 3 amide bonds. The van der Waals surface area contributed by atoms with Crippen LogP contribution in [0.3, 0.4) is 0 Å². The number of hydrogen-bond acceptors (Lipinski definition) is 5. The third-order valence-electron chi connectivity index (χ3n) is 5.76. The Morgan fingerprint density at radius 3 is 2.47 bits per heavy atom. The Morgan fingerprint density at radius 2 is 1.75 bits per heavy atom. The second-order valence-electron chi connectivity index (χ2n) is 7.74. The number of guanidine groups is 1. The van der Waals surface area contributed by atoms with Crippen LogP contribution in [-0.4, -0.2) is 75.5 Å². The average Bonchev–Trinajstić information content (AvgIpc) is 3.18. The first-order chi connectivity index (χ1) is 15.3. The van der Waals surface area contributed by atoms with Gasteiger partial charge in [-0.05, 0) is 18.2 Å². The van der Waals surface area contributed by atoms with Crippen LogP contribution in [0.4, 0.5) is 13.6 Å². The average molecular weight is 437 g/mol. The molecule has 2 aromatic carbocycles. The molecular weight excluding hydrogens is 418 g/mol. The maximum absolute atomic E-state index is 14.4. The number of aliphatic imine (C=N–C) groups is 1. The summed E-state index contributed by atoms with van der Waals surface area (Å²) in [5.74, 6) is -0.538. The molecule has 10 heteroatoms. The van der Waals surface area contributed by atoms with Crippen molar-refractivity contribution in [3.63, 3.8) is 0 Å². The molecule has 162 valence electrons. The molecule has 1 saturated heterocycles. The summed E-state index contributed by atoms with van der Waals surface area (Å²) in [5, 5.41) is 6.16. The Morgan fingerprint density at radius 1 is 1.03 bits per heavy atom. The van der Waals surface area contributed by atoms with Gasteiger partial charge in [0.05, 0.1) is 0 Å². The second-order valence-corrected chi connectivity index (χ2v) is 7.74. The molecular formula is C22H19F2N6O2+. The zero-order chi connectivity index (χ0) is 22.6. The van der Waals surface area contributed by atoms with Gasteiger partial charge in [0.2, 0.25) is 11.9 Å². The van der Waals surface area contributed by atoms with E-state index in [9.17, 15) is 18.4 Å². The standard InChI is InChI=1S/C22H19F2N6O2/c1-27-19-18(20(31)28(2)22(27)32)29-12-17(13-7-9-15(23)10-8-13)26-30(21(29)25-19)11-14-5-3-4-6-16(14)24/h3-10,18H,11-12H2,1-2H3/q+1. The van der Waals surface area contributed by atoms with Gasteiger partial charge in [0.25, 0.3) is 5.91 Å². The molecule has 8 nitrogen and oxygen atoms in total. The number of nitrogens with zero attached hydrogens (tertiary/aromatic N) is 6. The molecule has 3 heterocycles. The molecule has 0 N–H and O–H groups in total. The first kappa shape index (κ1) is 20.0. The molecule has 1 fully saturated rings. The summed E-state index contributed by atoms with van der Waals surface area (Å²) in [6.45, 7) is 0.280. The summed E-state index contributed by atoms with van der Waals surface area (Å²) in [6, 6.07) is 10.9. The van der Waals surface area contributed by atoms with Crippen molar-refractivity contribution in [1.29, 1.82) is 0 Å². The van der Waals surface area contributed by atoms with E-state index >= 15 is 0 Å². The number of hydrazone groups is 1. The minimum atomic E-state index is -0.813. The van der Waals surface area contributed by atoms with Crippen molar-refractivity contribution in [3.05, 3.63) is 71.3 Å². The highest BCUT2D eigenvalue weighted by Crippen LogP contribution is 2.25. The Balaban J connectivity index is 1.60. The van der Waals surface area contributed by atoms with E-state index in [1.54, 1.807) is 42.0 Å². The molecule has 0 bridgehead atoms. The van der Waals surface area contributed by atoms with E-state index in [1.165, 1.54) is 35.2 Å². The van der Waals surface area contributed by atoms with Crippen LogP contribution < -0.4 is 0 Å². The van der Waals surface area contributed by atoms with Crippen molar-refractivity contribution in [1.82, 2.24) is 14.8 Å². The highest BCUT2D eigenvalue weighted by molar-refractivity contribution is 6.23. The lowest BCUT2D eigenvalue weighted by Gasteiger charge is -2.32. The highest BCUT2D eigenvalue weighted by Gasteiger charge is 2.54. The number of fused-ring (bicyclic) bond motifs is 2. The lowest BCUT2D eigenvalue weighted by molar-refractivity contribution is -0.527. The molecule has 1 atom stereocenters. The van der Waals surface area contributed by atoms with Crippen LogP contribution in [0.15, 0.2) is 58.6 Å². The normalized spacial score (nSPS) is 20.4. The number of benzene rings is 2. The minimum Gasteiger partial charge on any atom is -0.270 e. The molecule has 0 aliphatic carbocycles. The number of carbonyl (C=O) groups is 2. The number of halogens is 2. The number of hydrogen-bond donors (Lipinski definition) is 0. The van der Waals surface area contributed by atoms with Crippen molar-refractivity contribution in [2.45, 2.75) is 12.6 Å². The number of likely N-dealkylation sites (N-methyl/N-ethyl adjacent to an activating group) is 2. The molecule has 0 spiro atoms. The highest BCUT2D eigenvalue weighted by atomic mass is 19.1. The van der Waals surface area contributed by atoms with Gasteiger partial charge in [-0.25, -0.2) is 18.2 Å². The lowest BCUT2D eigenvalue weighted by atomic mass is 10.1. The Hall–Kier alpha value is -3.95. The summed E-state index contributed by atoms with van der Waals surface area (Å²) < 4.78 is 29.6. The van der Waals surface area contributed by atoms with Crippen LogP contribution >= 0.6 is 0 Å². The maximum atomic E-state index is 14.4. The number of amides is 3. The molecule has 1 unspecified atom stereocenters. The second kappa shape index (κ2) is 7.33. The predicted octanol–water partition coefficient (Wildman–Crippen LogP) is 1.86. The third-order valence-corrected chi connectivity index (χ3v) is 5.76. The first-order valence-electron chi connectivity index (χ1n) is 9.97. The summed E-state index contributed by atoms with van der Waals surface area (Å²) >= 11 is 0. The fourth-order valence-electron chi connectivity index (χ4n) is 4.02. The fourth-order valence-corrected chi connectivity index (χ4v) is 4.02. The summed E-state index contributed by atoms with van der Waals surface area (Å²) in [6.07, 6.45) is 0. The van der Waals surface area contributed by atoms with Crippen LogP contribution in [0.25, 0.3) is 0 Å². The number of imide groups is 1. The SMILES string of the molecule is CN1C(=O)C2C(=NC3=[N+]2CC(c2ccc(F)cc2)=NN3Cc2ccccc2F)N(C)C1=O. The monoisotopic (exact) mass is 437 g/mol. The van der Waals surface area contributed by atoms with Gasteiger partial charge in [0.1, 0.15) is 30.4 Å². The quantitative estimate of drug-likeness (QED) is 0.689. The number of carbonyl (C=O) groups excluding carboxylic acids is 2. The fraction of sp³-hybridized carbons (Fsp3) is 0.227. The molecule has 5 rings (SSSR count). The van der Waals surface area contributed by atoms with Crippen LogP contribution in [0.5, 0.6) is 0 Å². The lowest BCUT2D eigenvalue weighted by Crippen LogP contribution is -2.62. The Labute approximate surface area is 182 Å². The summed E-state index contributed by atoms with van der Waals surface area (Å²) in [7, 11) is 2.98. The topological polar surface area (TPSA) is 71.6 Å². The molecule has 0 saturated carbocycles. The molecule has 32 heavy (non-hydrogen) atoms. The molecule has 0 aromatic heterocycles. The van der Waals surface area contributed by atoms with Gasteiger partial charge in [-0.1, -0.05) is 35.3 Å². The van der Waals surface area contributed by atoms with Crippen molar-refractivity contribution >= 4 is 29.4 Å². The molecule has 0 radical (unpaired) electrons. The first-order valence-corrected chi connectivity index (χ1v) is 9.97. The minimum absolute atomic E-state index is 0.0639. The van der Waals surface area contributed by atoms with Gasteiger partial charge in [0.15, 0.2) is 0 Å². The van der Waals surface area contributed by atoms with E-state index in [4.69, 9.17) is 0 Å². The number of rotatable bonds is 3. The zero-order valence-corrected chi connectivity index (χ0v) is 17.4. The summed E-state index contributed by atoms with van der Waals surface area (Å²) in [4.78, 5) is 32.3. The van der Waals surface area contributed by atoms with E-state index in [1.807, 2.05) is 0 Å². The number of amidine groups is 1. The van der Waals surface area contributed by atoms with Crippen LogP contribution in [0.2, 0.25) is 0 Å². The molecule has 2 aromatic rings. The third kappa shape index (κ3) is 3.06. The largest absolute Gasteiger partial charge is 0.417 e. The predicted molar refractivity (Wildman–Crippen MR) is 112 cm³/mol. The maximum Gasteiger partial charge on any atom is 0.417 e. The molecule has 3 aliphatic heterocycles. The Kier molecular flexibility index (Phi) is 4.58. The van der Waals surface area contributed by atoms with Gasteiger partial charge in [-0.15, -0.1) is 10.1 Å². The van der Waals surface area contributed by atoms with Gasteiger partial charge < -0.3 is 0 Å². The smallest absolute Gasteiger partial charge is 0.270 e. The van der Waals surface area contributed by atoms with Crippen LogP contribution in [0, 0.1) is 11.6 Å². The van der Waals surface area contributed by atoms with Gasteiger partial charge >= 0.3 is 12.0 Å². The van der Waals surface area contributed by atoms with Crippen molar-refractivity contribution in [3.8, 4) is 0 Å². The van der Waals surface area contributed by atoms with E-state index in [2.05, 4.69) is 10.1 Å². The Bertz CT molecular complexity index is 1240. The zero-order valence-electron chi connectivity index (χ0n) is 17.4. The van der Waals surface area contributed by atoms with Crippen molar-refractivity contribution in [2.24, 2.45) is 10.1 Å². The van der Waals surface area contributed by atoms with Gasteiger partial charge in [0, 0.05) is 25.2 Å². The van der Waals surface area contributed by atoms with E-state index < -0.39 is 23.8 Å². The van der Waals surface area contributed by atoms with E-state index in [-0.39, 0.29) is 18.9 Å². The summed E-state index contributed by atoms with van der Waals surface area (Å²) in [5.41, 5.74) is 1.63. The van der Waals surface area contributed by atoms with E-state index in [0.29, 0.717) is 28.6 Å². The van der Waals surface area contributed by atoms with Gasteiger partial charge in [-0.2, -0.15) is 0 Å².